The molecule has 0 amide bonds. The molecule has 35 atom stereocenters. The zero-order valence-electron chi connectivity index (χ0n) is 61.6. The first-order chi connectivity index (χ1) is 48.3. The minimum atomic E-state index is -1.80. The van der Waals surface area contributed by atoms with E-state index in [2.05, 4.69) is 6.58 Å². The Labute approximate surface area is 587 Å². The van der Waals surface area contributed by atoms with Gasteiger partial charge in [0.25, 0.3) is 0 Å². The Morgan fingerprint density at radius 3 is 0.640 bits per heavy atom. The largest absolute Gasteiger partial charge is 0.387 e. The molecule has 35 nitrogen and oxygen atoms in total. The van der Waals surface area contributed by atoms with E-state index >= 15 is 0 Å². The smallest absolute Gasteiger partial charge is 0.187 e. The van der Waals surface area contributed by atoms with Crippen molar-refractivity contribution < 1.29 is 166 Å². The number of aliphatic hydroxyl groups is 2. The number of rotatable bonds is 28. The van der Waals surface area contributed by atoms with Crippen molar-refractivity contribution in [1.82, 2.24) is 0 Å². The molecule has 14 bridgehead atoms. The molecular formula is C65H116NO34+. The van der Waals surface area contributed by atoms with E-state index in [9.17, 15) is 10.2 Å². The molecule has 0 aliphatic carbocycles. The van der Waals surface area contributed by atoms with Gasteiger partial charge in [-0.2, -0.15) is 0 Å². The Bertz CT molecular complexity index is 2330. The van der Waals surface area contributed by atoms with E-state index in [4.69, 9.17) is 152 Å². The molecule has 0 aromatic carbocycles. The highest BCUT2D eigenvalue weighted by Gasteiger charge is 2.62. The molecule has 21 aliphatic rings. The van der Waals surface area contributed by atoms with Crippen molar-refractivity contribution in [2.45, 2.75) is 215 Å². The van der Waals surface area contributed by atoms with E-state index in [0.29, 0.717) is 6.54 Å². The fourth-order valence-electron chi connectivity index (χ4n) is 15.1. The van der Waals surface area contributed by atoms with Crippen LogP contribution in [0.1, 0.15) is 0 Å². The number of ether oxygens (including phenoxy) is 32. The van der Waals surface area contributed by atoms with Gasteiger partial charge < -0.3 is 166 Å². The molecule has 0 spiro atoms. The summed E-state index contributed by atoms with van der Waals surface area (Å²) in [5.74, 6) is 0. The first-order valence-electron chi connectivity index (χ1n) is 33.6. The second kappa shape index (κ2) is 40.0. The molecule has 2 N–H and O–H groups in total. The minimum absolute atomic E-state index is 0.0501. The third-order valence-electron chi connectivity index (χ3n) is 19.8. The van der Waals surface area contributed by atoms with E-state index in [1.165, 1.54) is 128 Å². The van der Waals surface area contributed by atoms with Gasteiger partial charge in [0.1, 0.15) is 177 Å². The van der Waals surface area contributed by atoms with Gasteiger partial charge in [0, 0.05) is 128 Å². The van der Waals surface area contributed by atoms with E-state index in [1.807, 2.05) is 14.1 Å². The highest BCUT2D eigenvalue weighted by atomic mass is 16.8. The Balaban J connectivity index is 1.24. The van der Waals surface area contributed by atoms with Gasteiger partial charge in [-0.05, 0) is 6.08 Å². The maximum atomic E-state index is 12.6. The minimum Gasteiger partial charge on any atom is -0.387 e. The van der Waals surface area contributed by atoms with Gasteiger partial charge in [-0.25, -0.2) is 0 Å². The van der Waals surface area contributed by atoms with Crippen molar-refractivity contribution in [2.75, 3.05) is 195 Å². The van der Waals surface area contributed by atoms with Crippen LogP contribution in [0, 0.1) is 0 Å². The standard InChI is InChI=1S/C65H116NO34/c1-22-23-66(2,3)24-31-40-38(67)39(68)59(87-31)95-41-32(25-69-4)89-61(54(82-17)47(41)75-10)97-43-34(27-71-6)91-63(56(84-19)49(43)77-12)99-45-36(29-73-8)93-65(58(86-21)51(45)79-14)100-46-37(30-74-9)92-64(57(85-20)52(46)80-15)98-44-35(28-72-7)90-62(55(83-18)50(44)78-13)96-42-33(26-70-5)88-60(94-40)53(81-16)48(42)76-11/h22,31-65,67-68H,1,23-30H2,2-21H3/q+1/t31-,32-,33-,34-,35-,36-,37-,38-,39-,40-,41-,42-,43-,44-,45-,46-,47+,48+,49+,50+,51+,52+,53-,54-,55-,56-,57-,58-,59-,60-,61-,62-,63-,64-,65-/m1/s1. The lowest BCUT2D eigenvalue weighted by Gasteiger charge is -2.52. The third-order valence-corrected chi connectivity index (χ3v) is 19.8. The molecule has 0 saturated carbocycles. The fraction of sp³-hybridized carbons (Fsp3) is 0.969. The summed E-state index contributed by atoms with van der Waals surface area (Å²) in [7, 11) is 30.7. The van der Waals surface area contributed by atoms with Crippen molar-refractivity contribution >= 4 is 0 Å². The van der Waals surface area contributed by atoms with Crippen LogP contribution in [0.2, 0.25) is 0 Å². The first-order valence-corrected chi connectivity index (χ1v) is 33.6. The van der Waals surface area contributed by atoms with Gasteiger partial charge in [0.2, 0.25) is 0 Å². The highest BCUT2D eigenvalue weighted by Crippen LogP contribution is 2.43. The number of nitrogens with zero attached hydrogens (tertiary/aromatic N) is 1. The van der Waals surface area contributed by atoms with Crippen LogP contribution in [-0.2, 0) is 152 Å². The van der Waals surface area contributed by atoms with E-state index in [-0.39, 0.29) is 50.7 Å². The molecule has 21 saturated heterocycles. The maximum Gasteiger partial charge on any atom is 0.187 e. The van der Waals surface area contributed by atoms with Crippen LogP contribution in [0.15, 0.2) is 12.7 Å². The number of methoxy groups -OCH3 is 18. The van der Waals surface area contributed by atoms with Crippen LogP contribution in [-0.4, -0.2) is 424 Å². The maximum absolute atomic E-state index is 12.6. The zero-order valence-corrected chi connectivity index (χ0v) is 61.6. The number of hydrogen-bond donors (Lipinski definition) is 2. The highest BCUT2D eigenvalue weighted by molar-refractivity contribution is 5.04. The summed E-state index contributed by atoms with van der Waals surface area (Å²) in [6.45, 7) is 4.20. The van der Waals surface area contributed by atoms with Crippen LogP contribution in [0.3, 0.4) is 0 Å². The number of quaternary nitrogens is 1. The number of likely N-dealkylation sites (N-methyl/N-ethyl adjacent to an activating group) is 1. The monoisotopic (exact) mass is 1450 g/mol. The molecule has 21 aliphatic heterocycles. The average Bonchev–Trinajstić information content (AvgIpc) is 0.768. The third kappa shape index (κ3) is 18.5. The van der Waals surface area contributed by atoms with Crippen LogP contribution >= 0.6 is 0 Å². The summed E-state index contributed by atoms with van der Waals surface area (Å²) < 4.78 is 207. The van der Waals surface area contributed by atoms with Gasteiger partial charge in [-0.3, -0.25) is 0 Å². The predicted molar refractivity (Wildman–Crippen MR) is 340 cm³/mol. The Morgan fingerprint density at radius 1 is 0.260 bits per heavy atom. The molecule has 21 heterocycles. The van der Waals surface area contributed by atoms with Crippen molar-refractivity contribution in [2.24, 2.45) is 0 Å². The van der Waals surface area contributed by atoms with Gasteiger partial charge in [-0.1, -0.05) is 6.58 Å². The van der Waals surface area contributed by atoms with E-state index in [0.717, 1.165) is 0 Å². The van der Waals surface area contributed by atoms with Gasteiger partial charge in [0.05, 0.1) is 60.3 Å². The Hall–Kier alpha value is -1.66. The summed E-state index contributed by atoms with van der Waals surface area (Å²) in [6, 6.07) is 0. The average molecular weight is 1460 g/mol. The van der Waals surface area contributed by atoms with Crippen LogP contribution in [0.4, 0.5) is 0 Å². The van der Waals surface area contributed by atoms with Crippen LogP contribution in [0.5, 0.6) is 0 Å². The normalized spacial score (nSPS) is 45.5. The lowest BCUT2D eigenvalue weighted by Crippen LogP contribution is -2.69. The summed E-state index contributed by atoms with van der Waals surface area (Å²) in [5.41, 5.74) is 0. The Kier molecular flexibility index (Phi) is 33.6. The summed E-state index contributed by atoms with van der Waals surface area (Å²) in [6.07, 6.45) is -37.8. The van der Waals surface area contributed by atoms with E-state index < -0.39 is 215 Å². The van der Waals surface area contributed by atoms with Gasteiger partial charge >= 0.3 is 0 Å². The quantitative estimate of drug-likeness (QED) is 0.0621. The lowest BCUT2D eigenvalue weighted by atomic mass is 9.94. The molecule has 21 rings (SSSR count). The molecule has 584 valence electrons. The molecule has 0 radical (unpaired) electrons. The fourth-order valence-corrected chi connectivity index (χ4v) is 15.1. The van der Waals surface area contributed by atoms with Crippen LogP contribution in [0.25, 0.3) is 0 Å². The first kappa shape index (κ1) is 84.0. The molecule has 100 heavy (non-hydrogen) atoms. The summed E-state index contributed by atoms with van der Waals surface area (Å²) in [5, 5.41) is 25.0. The summed E-state index contributed by atoms with van der Waals surface area (Å²) in [4.78, 5) is 0. The van der Waals surface area contributed by atoms with Crippen molar-refractivity contribution in [3.8, 4) is 0 Å². The summed E-state index contributed by atoms with van der Waals surface area (Å²) >= 11 is 0. The van der Waals surface area contributed by atoms with Crippen LogP contribution < -0.4 is 0 Å². The Morgan fingerprint density at radius 2 is 0.450 bits per heavy atom. The lowest BCUT2D eigenvalue weighted by molar-refractivity contribution is -0.888. The molecule has 0 aromatic rings. The van der Waals surface area contributed by atoms with E-state index in [1.54, 1.807) is 6.08 Å². The number of hydrogen-bond acceptors (Lipinski definition) is 34. The topological polar surface area (TPSA) is 336 Å². The second-order valence-corrected chi connectivity index (χ2v) is 26.2. The van der Waals surface area contributed by atoms with Gasteiger partial charge in [0.15, 0.2) is 44.0 Å². The molecule has 35 heteroatoms. The van der Waals surface area contributed by atoms with Gasteiger partial charge in [-0.15, -0.1) is 0 Å². The molecule has 0 unspecified atom stereocenters. The SMILES string of the molecule is C=CC[N+](C)(C)C[C@H]1O[C@@H]2O[C@H]3[C@H](OC)[C@@H](OC)[C@@H](O[C@H]4[C@H](OC)[C@@H](OC)[C@@H](O[C@H]5[C@H](OC)[C@@H](OC)[C@@H](O[C@H]6[C@H](OC)[C@@H](OC)[C@@H](O[C@H]7[C@H](OC)[C@@H](OC)[C@@H](O[C@H]8[C@H](OC)[C@@H](OC)[C@@H](O[C@H]1[C@H](O)[C@H]2O)O[C@@H]8COC)O[C@@H]7COC)O[C@@H]6COC)O[C@@H]5COC)O[C@@H]4COC)O[C@@H]3COC. The molecular weight excluding hydrogens is 1340 g/mol. The second-order valence-electron chi connectivity index (χ2n) is 26.2. The molecule has 0 aromatic heterocycles. The van der Waals surface area contributed by atoms with Crippen molar-refractivity contribution in [3.05, 3.63) is 12.7 Å². The predicted octanol–water partition coefficient (Wildman–Crippen LogP) is -2.19. The molecule has 21 fully saturated rings. The number of aliphatic hydroxyl groups excluding tert-OH is 2. The zero-order chi connectivity index (χ0) is 72.7. The van der Waals surface area contributed by atoms with Crippen molar-refractivity contribution in [1.29, 1.82) is 0 Å². The van der Waals surface area contributed by atoms with Crippen molar-refractivity contribution in [3.63, 3.8) is 0 Å².